The van der Waals surface area contributed by atoms with Gasteiger partial charge in [-0.05, 0) is 41.6 Å². The number of hydrogen-bond acceptors (Lipinski definition) is 5. The number of piperazine rings is 1. The van der Waals surface area contributed by atoms with Crippen LogP contribution in [0.25, 0.3) is 5.69 Å². The Hall–Kier alpha value is -1.71. The van der Waals surface area contributed by atoms with Crippen molar-refractivity contribution >= 4 is 12.4 Å². The normalized spacial score (nSPS) is 19.1. The molecule has 0 saturated carbocycles. The van der Waals surface area contributed by atoms with Crippen molar-refractivity contribution in [1.29, 1.82) is 0 Å². The first-order chi connectivity index (χ1) is 10.9. The Bertz CT molecular complexity index is 657. The van der Waals surface area contributed by atoms with E-state index < -0.39 is 11.7 Å². The summed E-state index contributed by atoms with van der Waals surface area (Å²) >= 11 is 0. The van der Waals surface area contributed by atoms with E-state index in [0.717, 1.165) is 31.8 Å². The van der Waals surface area contributed by atoms with Gasteiger partial charge in [0.15, 0.2) is 5.82 Å². The second kappa shape index (κ2) is 7.45. The summed E-state index contributed by atoms with van der Waals surface area (Å²) in [5.74, 6) is 0.610. The van der Waals surface area contributed by atoms with Crippen molar-refractivity contribution in [1.82, 2.24) is 30.4 Å². The van der Waals surface area contributed by atoms with Crippen LogP contribution in [0.5, 0.6) is 0 Å². The van der Waals surface area contributed by atoms with Crippen molar-refractivity contribution in [2.75, 3.05) is 19.6 Å². The molecule has 24 heavy (non-hydrogen) atoms. The van der Waals surface area contributed by atoms with E-state index in [2.05, 4.69) is 32.7 Å². The lowest BCUT2D eigenvalue weighted by Crippen LogP contribution is -2.49. The van der Waals surface area contributed by atoms with Gasteiger partial charge in [-0.15, -0.1) is 17.5 Å². The maximum Gasteiger partial charge on any atom is 0.416 e. The molecule has 1 aliphatic heterocycles. The predicted molar refractivity (Wildman–Crippen MR) is 84.1 cm³/mol. The molecule has 0 spiro atoms. The number of hydrogen-bond donors (Lipinski definition) is 1. The van der Waals surface area contributed by atoms with E-state index in [-0.39, 0.29) is 12.4 Å². The third kappa shape index (κ3) is 4.03. The molecule has 1 N–H and O–H groups in total. The number of benzene rings is 1. The zero-order chi connectivity index (χ0) is 16.4. The van der Waals surface area contributed by atoms with Gasteiger partial charge in [0.05, 0.1) is 17.8 Å². The van der Waals surface area contributed by atoms with E-state index in [1.165, 1.54) is 16.8 Å². The standard InChI is InChI=1S/C14H17F3N6.ClH/c1-10-8-18-6-7-22(10)9-13-19-20-21-23(13)12-4-2-11(3-5-12)14(15,16)17;/h2-5,10,18H,6-9H2,1H3;1H/t10-;/m0./s1. The lowest BCUT2D eigenvalue weighted by molar-refractivity contribution is -0.137. The summed E-state index contributed by atoms with van der Waals surface area (Å²) in [6.07, 6.45) is -4.35. The number of rotatable bonds is 3. The fourth-order valence-corrected chi connectivity index (χ4v) is 2.60. The van der Waals surface area contributed by atoms with Crippen LogP contribution in [0.15, 0.2) is 24.3 Å². The van der Waals surface area contributed by atoms with E-state index in [9.17, 15) is 13.2 Å². The fraction of sp³-hybridized carbons (Fsp3) is 0.500. The Balaban J connectivity index is 0.00000208. The van der Waals surface area contributed by atoms with E-state index in [1.54, 1.807) is 0 Å². The second-order valence-electron chi connectivity index (χ2n) is 5.58. The smallest absolute Gasteiger partial charge is 0.314 e. The summed E-state index contributed by atoms with van der Waals surface area (Å²) in [6, 6.07) is 5.18. The lowest BCUT2D eigenvalue weighted by Gasteiger charge is -2.33. The third-order valence-electron chi connectivity index (χ3n) is 3.96. The predicted octanol–water partition coefficient (Wildman–Crippen LogP) is 1.90. The number of alkyl halides is 3. The van der Waals surface area contributed by atoms with Crippen LogP contribution in [0, 0.1) is 0 Å². The Morgan fingerprint density at radius 1 is 1.25 bits per heavy atom. The Morgan fingerprint density at radius 2 is 1.96 bits per heavy atom. The van der Waals surface area contributed by atoms with Gasteiger partial charge in [0, 0.05) is 25.7 Å². The molecule has 0 radical (unpaired) electrons. The summed E-state index contributed by atoms with van der Waals surface area (Å²) in [5, 5.41) is 14.9. The molecule has 2 aromatic rings. The monoisotopic (exact) mass is 362 g/mol. The summed E-state index contributed by atoms with van der Waals surface area (Å²) < 4.78 is 39.4. The average molecular weight is 363 g/mol. The molecule has 0 aliphatic carbocycles. The zero-order valence-electron chi connectivity index (χ0n) is 13.0. The number of aromatic nitrogens is 4. The maximum absolute atomic E-state index is 12.6. The first kappa shape index (κ1) is 18.6. The van der Waals surface area contributed by atoms with Crippen LogP contribution in [0.4, 0.5) is 13.2 Å². The quantitative estimate of drug-likeness (QED) is 0.903. The third-order valence-corrected chi connectivity index (χ3v) is 3.96. The molecule has 1 aromatic heterocycles. The SMILES string of the molecule is C[C@H]1CNCCN1Cc1nnnn1-c1ccc(C(F)(F)F)cc1.Cl. The number of tetrazole rings is 1. The summed E-state index contributed by atoms with van der Waals surface area (Å²) in [5.41, 5.74) is -0.174. The van der Waals surface area contributed by atoms with Crippen molar-refractivity contribution in [2.45, 2.75) is 25.7 Å². The van der Waals surface area contributed by atoms with Crippen molar-refractivity contribution in [3.63, 3.8) is 0 Å². The molecule has 6 nitrogen and oxygen atoms in total. The molecule has 0 bridgehead atoms. The largest absolute Gasteiger partial charge is 0.416 e. The molecular formula is C14H18ClF3N6. The molecule has 1 fully saturated rings. The average Bonchev–Trinajstić information content (AvgIpc) is 2.97. The van der Waals surface area contributed by atoms with Crippen molar-refractivity contribution in [3.8, 4) is 5.69 Å². The van der Waals surface area contributed by atoms with Gasteiger partial charge in [-0.1, -0.05) is 0 Å². The first-order valence-corrected chi connectivity index (χ1v) is 7.35. The first-order valence-electron chi connectivity index (χ1n) is 7.35. The molecule has 2 heterocycles. The van der Waals surface area contributed by atoms with E-state index in [4.69, 9.17) is 0 Å². The molecule has 0 amide bonds. The summed E-state index contributed by atoms with van der Waals surface area (Å²) in [4.78, 5) is 2.24. The Labute approximate surface area is 143 Å². The minimum atomic E-state index is -4.35. The molecule has 1 atom stereocenters. The van der Waals surface area contributed by atoms with Crippen molar-refractivity contribution in [2.24, 2.45) is 0 Å². The van der Waals surface area contributed by atoms with Gasteiger partial charge < -0.3 is 5.32 Å². The number of nitrogens with zero attached hydrogens (tertiary/aromatic N) is 5. The highest BCUT2D eigenvalue weighted by atomic mass is 35.5. The number of nitrogens with one attached hydrogen (secondary N) is 1. The van der Waals surface area contributed by atoms with Gasteiger partial charge in [-0.3, -0.25) is 4.90 Å². The van der Waals surface area contributed by atoms with Crippen LogP contribution in [0.3, 0.4) is 0 Å². The van der Waals surface area contributed by atoms with Gasteiger partial charge >= 0.3 is 6.18 Å². The minimum absolute atomic E-state index is 0. The molecule has 1 aliphatic rings. The minimum Gasteiger partial charge on any atom is -0.314 e. The lowest BCUT2D eigenvalue weighted by atomic mass is 10.2. The number of halogens is 4. The Morgan fingerprint density at radius 3 is 2.58 bits per heavy atom. The molecule has 3 rings (SSSR count). The highest BCUT2D eigenvalue weighted by Gasteiger charge is 2.30. The fourth-order valence-electron chi connectivity index (χ4n) is 2.60. The van der Waals surface area contributed by atoms with Crippen LogP contribution >= 0.6 is 12.4 Å². The topological polar surface area (TPSA) is 58.9 Å². The molecule has 0 unspecified atom stereocenters. The highest BCUT2D eigenvalue weighted by molar-refractivity contribution is 5.85. The second-order valence-corrected chi connectivity index (χ2v) is 5.58. The molecule has 132 valence electrons. The van der Waals surface area contributed by atoms with Crippen LogP contribution in [-0.4, -0.2) is 50.8 Å². The zero-order valence-corrected chi connectivity index (χ0v) is 13.8. The highest BCUT2D eigenvalue weighted by Crippen LogP contribution is 2.29. The van der Waals surface area contributed by atoms with Gasteiger partial charge in [0.1, 0.15) is 0 Å². The molecule has 10 heteroatoms. The van der Waals surface area contributed by atoms with Crippen LogP contribution in [-0.2, 0) is 12.7 Å². The Kier molecular flexibility index (Phi) is 5.79. The van der Waals surface area contributed by atoms with E-state index in [0.29, 0.717) is 24.1 Å². The molecule has 1 saturated heterocycles. The van der Waals surface area contributed by atoms with Crippen LogP contribution in [0.1, 0.15) is 18.3 Å². The van der Waals surface area contributed by atoms with E-state index in [1.807, 2.05) is 0 Å². The van der Waals surface area contributed by atoms with E-state index >= 15 is 0 Å². The molecular weight excluding hydrogens is 345 g/mol. The van der Waals surface area contributed by atoms with Gasteiger partial charge in [0.2, 0.25) is 0 Å². The van der Waals surface area contributed by atoms with Crippen LogP contribution in [0.2, 0.25) is 0 Å². The van der Waals surface area contributed by atoms with Crippen molar-refractivity contribution in [3.05, 3.63) is 35.7 Å². The van der Waals surface area contributed by atoms with Crippen molar-refractivity contribution < 1.29 is 13.2 Å². The van der Waals surface area contributed by atoms with Gasteiger partial charge in [-0.25, -0.2) is 0 Å². The molecule has 1 aromatic carbocycles. The van der Waals surface area contributed by atoms with Gasteiger partial charge in [-0.2, -0.15) is 17.9 Å². The van der Waals surface area contributed by atoms with Crippen LogP contribution < -0.4 is 5.32 Å². The summed E-state index contributed by atoms with van der Waals surface area (Å²) in [6.45, 7) is 5.32. The summed E-state index contributed by atoms with van der Waals surface area (Å²) in [7, 11) is 0. The maximum atomic E-state index is 12.6. The van der Waals surface area contributed by atoms with Gasteiger partial charge in [0.25, 0.3) is 0 Å².